The van der Waals surface area contributed by atoms with Crippen LogP contribution in [0.3, 0.4) is 0 Å². The number of terminal acetylenes is 1. The van der Waals surface area contributed by atoms with Gasteiger partial charge in [0.25, 0.3) is 5.91 Å². The highest BCUT2D eigenvalue weighted by molar-refractivity contribution is 6.38. The average Bonchev–Trinajstić information content (AvgIpc) is 3.46. The summed E-state index contributed by atoms with van der Waals surface area (Å²) in [6, 6.07) is -1.42. The summed E-state index contributed by atoms with van der Waals surface area (Å²) in [5.41, 5.74) is 0.296. The minimum atomic E-state index is -1.01. The van der Waals surface area contributed by atoms with Crippen molar-refractivity contribution in [1.29, 1.82) is 0 Å². The minimum absolute atomic E-state index is 0.0655. The average molecular weight is 562 g/mol. The van der Waals surface area contributed by atoms with Crippen LogP contribution in [0.25, 0.3) is 0 Å². The van der Waals surface area contributed by atoms with Gasteiger partial charge in [0.15, 0.2) is 0 Å². The predicted octanol–water partition coefficient (Wildman–Crippen LogP) is 3.07. The van der Waals surface area contributed by atoms with Crippen molar-refractivity contribution in [2.24, 2.45) is 5.41 Å². The molecule has 10 heteroatoms. The number of carbonyl (C=O) groups is 5. The third-order valence-electron chi connectivity index (χ3n) is 7.42. The smallest absolute Gasteiger partial charge is 0.314 e. The third-order valence-corrected chi connectivity index (χ3v) is 7.42. The van der Waals surface area contributed by atoms with Crippen LogP contribution in [0.2, 0.25) is 0 Å². The van der Waals surface area contributed by atoms with E-state index in [4.69, 9.17) is 6.42 Å². The van der Waals surface area contributed by atoms with Crippen LogP contribution in [0.1, 0.15) is 92.4 Å². The Hall–Kier alpha value is -3.35. The van der Waals surface area contributed by atoms with Crippen LogP contribution in [0.4, 0.5) is 4.79 Å². The Morgan fingerprint density at radius 3 is 2.25 bits per heavy atom. The molecule has 1 aliphatic heterocycles. The van der Waals surface area contributed by atoms with Gasteiger partial charge in [0.05, 0.1) is 6.04 Å². The molecule has 5 amide bonds. The highest BCUT2D eigenvalue weighted by Crippen LogP contribution is 2.38. The first kappa shape index (κ1) is 36.6. The lowest BCUT2D eigenvalue weighted by Crippen LogP contribution is -2.53. The molecule has 1 aliphatic carbocycles. The number of amides is 5. The van der Waals surface area contributed by atoms with Gasteiger partial charge < -0.3 is 26.2 Å². The van der Waals surface area contributed by atoms with E-state index in [2.05, 4.69) is 47.6 Å². The van der Waals surface area contributed by atoms with Gasteiger partial charge in [-0.3, -0.25) is 19.2 Å². The zero-order valence-corrected chi connectivity index (χ0v) is 25.4. The van der Waals surface area contributed by atoms with E-state index in [1.54, 1.807) is 7.05 Å². The Balaban J connectivity index is 0.000000805. The minimum Gasteiger partial charge on any atom is -0.346 e. The Morgan fingerprint density at radius 2 is 1.73 bits per heavy atom. The number of ketones is 1. The largest absolute Gasteiger partial charge is 0.346 e. The molecule has 0 bridgehead atoms. The van der Waals surface area contributed by atoms with Crippen LogP contribution in [-0.2, 0) is 19.2 Å². The molecule has 0 aromatic carbocycles. The fraction of sp³-hybridized carbons (Fsp3) is 0.700. The molecule has 3 unspecified atom stereocenters. The summed E-state index contributed by atoms with van der Waals surface area (Å²) in [5, 5.41) is 10.5. The summed E-state index contributed by atoms with van der Waals surface area (Å²) in [5.74, 6) is 0.206. The first-order valence-electron chi connectivity index (χ1n) is 14.4. The number of carbonyl (C=O) groups excluding carboxylic acids is 5. The molecule has 226 valence electrons. The number of hydrogen-bond donors (Lipinski definition) is 4. The molecule has 1 saturated heterocycles. The number of hydrogen-bond acceptors (Lipinski definition) is 5. The zero-order valence-electron chi connectivity index (χ0n) is 25.4. The summed E-state index contributed by atoms with van der Waals surface area (Å²) < 4.78 is 0. The topological polar surface area (TPSA) is 137 Å². The third kappa shape index (κ3) is 12.2. The highest BCUT2D eigenvalue weighted by Gasteiger charge is 2.35. The van der Waals surface area contributed by atoms with E-state index in [1.807, 2.05) is 13.8 Å². The normalized spacial score (nSPS) is 18.5. The van der Waals surface area contributed by atoms with Gasteiger partial charge in [0, 0.05) is 39.5 Å². The number of Topliss-reactive ketones (excluding diaryl/α,β-unsaturated/α-hetero) is 1. The molecule has 1 saturated carbocycles. The van der Waals surface area contributed by atoms with Crippen LogP contribution >= 0.6 is 0 Å². The van der Waals surface area contributed by atoms with Crippen molar-refractivity contribution in [2.75, 3.05) is 20.1 Å². The summed E-state index contributed by atoms with van der Waals surface area (Å²) >= 11 is 0. The van der Waals surface area contributed by atoms with Crippen molar-refractivity contribution >= 4 is 29.5 Å². The lowest BCUT2D eigenvalue weighted by Gasteiger charge is -2.39. The van der Waals surface area contributed by atoms with E-state index in [0.717, 1.165) is 6.42 Å². The first-order valence-corrected chi connectivity index (χ1v) is 14.4. The fourth-order valence-electron chi connectivity index (χ4n) is 4.83. The second-order valence-corrected chi connectivity index (χ2v) is 10.2. The molecular formula is C30H51N5O5. The van der Waals surface area contributed by atoms with Crippen molar-refractivity contribution in [2.45, 2.75) is 111 Å². The lowest BCUT2D eigenvalue weighted by molar-refractivity contribution is -0.141. The van der Waals surface area contributed by atoms with Crippen LogP contribution in [0.5, 0.6) is 0 Å². The van der Waals surface area contributed by atoms with Crippen molar-refractivity contribution in [1.82, 2.24) is 26.2 Å². The number of likely N-dealkylation sites (tertiary alicyclic amines) is 1. The van der Waals surface area contributed by atoms with Gasteiger partial charge in [-0.2, -0.15) is 0 Å². The maximum absolute atomic E-state index is 12.4. The highest BCUT2D eigenvalue weighted by atomic mass is 16.2. The van der Waals surface area contributed by atoms with Gasteiger partial charge in [-0.25, -0.2) is 4.79 Å². The van der Waals surface area contributed by atoms with Crippen molar-refractivity contribution in [3.05, 3.63) is 12.7 Å². The Labute approximate surface area is 240 Å². The van der Waals surface area contributed by atoms with Gasteiger partial charge in [0.1, 0.15) is 6.04 Å². The molecule has 0 spiro atoms. The molecule has 3 atom stereocenters. The molecule has 0 aromatic rings. The molecule has 2 aliphatic rings. The molecule has 0 aromatic heterocycles. The molecular weight excluding hydrogens is 510 g/mol. The van der Waals surface area contributed by atoms with Crippen molar-refractivity contribution in [3.8, 4) is 12.3 Å². The summed E-state index contributed by atoms with van der Waals surface area (Å²) in [6.07, 6.45) is 14.7. The molecule has 4 N–H and O–H groups in total. The molecule has 1 heterocycles. The maximum atomic E-state index is 12.4. The lowest BCUT2D eigenvalue weighted by atomic mass is 9.71. The van der Waals surface area contributed by atoms with Gasteiger partial charge in [-0.05, 0) is 44.4 Å². The zero-order chi connectivity index (χ0) is 30.7. The van der Waals surface area contributed by atoms with E-state index >= 15 is 0 Å². The second kappa shape index (κ2) is 19.7. The van der Waals surface area contributed by atoms with Crippen molar-refractivity contribution < 1.29 is 24.0 Å². The molecule has 10 nitrogen and oxygen atoms in total. The molecule has 0 radical (unpaired) electrons. The summed E-state index contributed by atoms with van der Waals surface area (Å²) in [7, 11) is 1.66. The van der Waals surface area contributed by atoms with Crippen molar-refractivity contribution in [3.63, 3.8) is 0 Å². The van der Waals surface area contributed by atoms with Gasteiger partial charge in [-0.15, -0.1) is 18.9 Å². The molecule has 2 rings (SSSR count). The standard InChI is InChI=1S/C17H23N3O4.C11H22N2O.C2H6/c1-4-6-8-13(15(22)17(24)18-10-5-2)19-16(23)14-9-7-11-20(14)12(3)21;1-9(13-10(14)12-3)11(2)7-5-4-6-8-11;1-2/h1,5,13-14H,2,6-11H2,3H3,(H,18,24)(H,19,23);9H,4-8H2,1-3H3,(H2,12,13,14);1-2H3. The predicted molar refractivity (Wildman–Crippen MR) is 158 cm³/mol. The van der Waals surface area contributed by atoms with E-state index in [1.165, 1.54) is 50.0 Å². The van der Waals surface area contributed by atoms with Crippen LogP contribution in [0, 0.1) is 17.8 Å². The van der Waals surface area contributed by atoms with E-state index in [-0.39, 0.29) is 37.4 Å². The number of urea groups is 1. The second-order valence-electron chi connectivity index (χ2n) is 10.2. The Kier molecular flexibility index (Phi) is 18.0. The van der Waals surface area contributed by atoms with E-state index < -0.39 is 29.7 Å². The Bertz CT molecular complexity index is 891. The monoisotopic (exact) mass is 561 g/mol. The quantitative estimate of drug-likeness (QED) is 0.185. The fourth-order valence-corrected chi connectivity index (χ4v) is 4.83. The number of nitrogens with one attached hydrogen (secondary N) is 4. The van der Waals surface area contributed by atoms with E-state index in [0.29, 0.717) is 18.4 Å². The van der Waals surface area contributed by atoms with E-state index in [9.17, 15) is 24.0 Å². The van der Waals surface area contributed by atoms with Crippen LogP contribution < -0.4 is 21.3 Å². The van der Waals surface area contributed by atoms with Gasteiger partial charge in [-0.1, -0.05) is 46.1 Å². The SMILES string of the molecule is C#CCCC(NC(=O)C1CCCN1C(C)=O)C(=O)C(=O)NCC=C.CC.CNC(=O)NC(C)C1(C)CCCCC1. The maximum Gasteiger partial charge on any atom is 0.314 e. The molecule has 40 heavy (non-hydrogen) atoms. The number of nitrogens with zero attached hydrogens (tertiary/aromatic N) is 1. The molecule has 2 fully saturated rings. The Morgan fingerprint density at radius 1 is 1.10 bits per heavy atom. The number of rotatable bonds is 10. The van der Waals surface area contributed by atoms with Gasteiger partial charge in [0.2, 0.25) is 17.6 Å². The van der Waals surface area contributed by atoms with Crippen LogP contribution in [0.15, 0.2) is 12.7 Å². The first-order chi connectivity index (χ1) is 19.0. The summed E-state index contributed by atoms with van der Waals surface area (Å²) in [4.78, 5) is 60.6. The van der Waals surface area contributed by atoms with Crippen LogP contribution in [-0.4, -0.2) is 72.7 Å². The summed E-state index contributed by atoms with van der Waals surface area (Å²) in [6.45, 7) is 13.9. The van der Waals surface area contributed by atoms with Gasteiger partial charge >= 0.3 is 6.03 Å².